The second-order valence-corrected chi connectivity index (χ2v) is 16.7. The first-order chi connectivity index (χ1) is 27.4. The van der Waals surface area contributed by atoms with E-state index in [2.05, 4.69) is 67.8 Å². The van der Waals surface area contributed by atoms with E-state index in [1.54, 1.807) is 6.08 Å². The molecule has 5 N–H and O–H groups in total. The number of phosphoric ester groups is 1. The van der Waals surface area contributed by atoms with Gasteiger partial charge in [-0.05, 0) is 77.0 Å². The molecule has 0 rings (SSSR count). The van der Waals surface area contributed by atoms with Crippen LogP contribution < -0.4 is 11.1 Å². The molecular formula is C47H87N2O6P. The molecule has 56 heavy (non-hydrogen) atoms. The molecule has 326 valence electrons. The maximum atomic E-state index is 12.8. The largest absolute Gasteiger partial charge is 0.472 e. The Labute approximate surface area is 344 Å². The summed E-state index contributed by atoms with van der Waals surface area (Å²) < 4.78 is 22.1. The van der Waals surface area contributed by atoms with Crippen molar-refractivity contribution >= 4 is 13.7 Å². The van der Waals surface area contributed by atoms with Gasteiger partial charge < -0.3 is 21.1 Å². The molecule has 0 heterocycles. The Hall–Kier alpha value is -1.80. The van der Waals surface area contributed by atoms with Crippen LogP contribution in [0.1, 0.15) is 200 Å². The maximum Gasteiger partial charge on any atom is 0.472 e. The number of nitrogens with two attached hydrogens (primary N) is 1. The maximum absolute atomic E-state index is 12.8. The van der Waals surface area contributed by atoms with Crippen molar-refractivity contribution in [1.29, 1.82) is 0 Å². The summed E-state index contributed by atoms with van der Waals surface area (Å²) in [5.41, 5.74) is 5.37. The van der Waals surface area contributed by atoms with Gasteiger partial charge in [-0.1, -0.05) is 177 Å². The molecular weight excluding hydrogens is 719 g/mol. The standard InChI is InChI=1S/C47H87N2O6P/c1-3-5-7-9-11-13-15-17-19-21-23-24-26-28-30-32-34-36-38-40-46(50)45(44-55-56(52,53)54-43-42-48)49-47(51)41-39-37-35-33-31-29-27-25-22-20-18-16-14-12-10-8-6-4-2/h14,16,20,22-24,30,32,38,40,45-46,50H,3-13,15,17-19,21,25-29,31,33-37,39,41-44,48H2,1-2H3,(H,49,51)(H,52,53)/b16-14-,22-20-,24-23+,32-30+,40-38+. The number of hydrogen-bond donors (Lipinski definition) is 4. The zero-order valence-electron chi connectivity index (χ0n) is 36.1. The molecule has 0 radical (unpaired) electrons. The molecule has 0 saturated carbocycles. The SMILES string of the molecule is CCCCCC/C=C\C/C=C\CCCCCCCCCC(=O)NC(COP(=O)(O)OCCN)C(O)/C=C/CC/C=C/CC/C=C/CCCCCCCCCCC. The molecule has 0 aromatic heterocycles. The fourth-order valence-electron chi connectivity index (χ4n) is 6.31. The molecule has 3 atom stereocenters. The van der Waals surface area contributed by atoms with Crippen molar-refractivity contribution in [3.8, 4) is 0 Å². The summed E-state index contributed by atoms with van der Waals surface area (Å²) in [6, 6.07) is -0.890. The lowest BCUT2D eigenvalue weighted by Gasteiger charge is -2.23. The number of hydrogen-bond acceptors (Lipinski definition) is 6. The Morgan fingerprint density at radius 1 is 0.589 bits per heavy atom. The highest BCUT2D eigenvalue weighted by atomic mass is 31.2. The summed E-state index contributed by atoms with van der Waals surface area (Å²) in [7, 11) is -4.36. The van der Waals surface area contributed by atoms with Crippen LogP contribution >= 0.6 is 7.82 Å². The molecule has 0 aliphatic rings. The molecule has 3 unspecified atom stereocenters. The summed E-state index contributed by atoms with van der Waals surface area (Å²) in [5.74, 6) is -0.218. The zero-order valence-corrected chi connectivity index (χ0v) is 37.0. The average Bonchev–Trinajstić information content (AvgIpc) is 3.19. The van der Waals surface area contributed by atoms with Gasteiger partial charge in [-0.15, -0.1) is 0 Å². The van der Waals surface area contributed by atoms with E-state index < -0.39 is 20.0 Å². The van der Waals surface area contributed by atoms with Crippen molar-refractivity contribution in [1.82, 2.24) is 5.32 Å². The van der Waals surface area contributed by atoms with Gasteiger partial charge in [0.1, 0.15) is 0 Å². The van der Waals surface area contributed by atoms with Crippen molar-refractivity contribution in [3.63, 3.8) is 0 Å². The second-order valence-electron chi connectivity index (χ2n) is 15.2. The molecule has 0 aliphatic heterocycles. The van der Waals surface area contributed by atoms with Crippen molar-refractivity contribution < 1.29 is 28.4 Å². The van der Waals surface area contributed by atoms with Gasteiger partial charge in [-0.3, -0.25) is 13.8 Å². The Balaban J connectivity index is 4.29. The third kappa shape index (κ3) is 40.4. The Bertz CT molecular complexity index is 1060. The van der Waals surface area contributed by atoms with E-state index in [9.17, 15) is 19.4 Å². The Morgan fingerprint density at radius 2 is 1.00 bits per heavy atom. The minimum absolute atomic E-state index is 0.0682. The van der Waals surface area contributed by atoms with Gasteiger partial charge in [-0.25, -0.2) is 4.57 Å². The van der Waals surface area contributed by atoms with Crippen LogP contribution in [0.4, 0.5) is 0 Å². The zero-order chi connectivity index (χ0) is 41.1. The van der Waals surface area contributed by atoms with Gasteiger partial charge in [0.2, 0.25) is 5.91 Å². The average molecular weight is 807 g/mol. The Morgan fingerprint density at radius 3 is 1.50 bits per heavy atom. The number of aliphatic hydroxyl groups is 1. The van der Waals surface area contributed by atoms with Crippen LogP contribution in [0.3, 0.4) is 0 Å². The molecule has 0 spiro atoms. The van der Waals surface area contributed by atoms with Crippen LogP contribution in [0.5, 0.6) is 0 Å². The number of carbonyl (C=O) groups excluding carboxylic acids is 1. The number of allylic oxidation sites excluding steroid dienone is 9. The topological polar surface area (TPSA) is 131 Å². The van der Waals surface area contributed by atoms with E-state index in [0.29, 0.717) is 6.42 Å². The van der Waals surface area contributed by atoms with Gasteiger partial charge in [0.25, 0.3) is 0 Å². The second kappa shape index (κ2) is 42.8. The smallest absolute Gasteiger partial charge is 0.387 e. The van der Waals surface area contributed by atoms with E-state index in [-0.39, 0.29) is 25.7 Å². The molecule has 0 fully saturated rings. The first kappa shape index (κ1) is 54.2. The first-order valence-electron chi connectivity index (χ1n) is 22.9. The minimum Gasteiger partial charge on any atom is -0.387 e. The van der Waals surface area contributed by atoms with Crippen molar-refractivity contribution in [2.24, 2.45) is 5.73 Å². The number of unbranched alkanes of at least 4 members (excludes halogenated alkanes) is 22. The normalized spacial score (nSPS) is 14.6. The van der Waals surface area contributed by atoms with E-state index >= 15 is 0 Å². The molecule has 1 amide bonds. The molecule has 9 heteroatoms. The molecule has 0 bridgehead atoms. The van der Waals surface area contributed by atoms with E-state index in [1.807, 2.05) is 6.08 Å². The molecule has 0 aromatic rings. The summed E-state index contributed by atoms with van der Waals surface area (Å²) in [6.45, 7) is 4.08. The third-order valence-corrected chi connectivity index (χ3v) is 10.8. The number of rotatable bonds is 42. The quantitative estimate of drug-likeness (QED) is 0.0274. The highest BCUT2D eigenvalue weighted by molar-refractivity contribution is 7.47. The van der Waals surface area contributed by atoms with Crippen LogP contribution in [0.2, 0.25) is 0 Å². The lowest BCUT2D eigenvalue weighted by atomic mass is 10.1. The van der Waals surface area contributed by atoms with Gasteiger partial charge in [0.05, 0.1) is 25.4 Å². The number of phosphoric acid groups is 1. The van der Waals surface area contributed by atoms with E-state index in [1.165, 1.54) is 116 Å². The van der Waals surface area contributed by atoms with Crippen molar-refractivity contribution in [3.05, 3.63) is 60.8 Å². The van der Waals surface area contributed by atoms with Gasteiger partial charge >= 0.3 is 7.82 Å². The molecule has 0 aromatic carbocycles. The summed E-state index contributed by atoms with van der Waals surface area (Å²) in [4.78, 5) is 22.7. The number of aliphatic hydroxyl groups excluding tert-OH is 1. The highest BCUT2D eigenvalue weighted by Gasteiger charge is 2.26. The van der Waals surface area contributed by atoms with Crippen molar-refractivity contribution in [2.45, 2.75) is 212 Å². The molecule has 0 aliphatic carbocycles. The summed E-state index contributed by atoms with van der Waals surface area (Å²) >= 11 is 0. The number of carbonyl (C=O) groups is 1. The van der Waals surface area contributed by atoms with Gasteiger partial charge in [0.15, 0.2) is 0 Å². The number of nitrogens with one attached hydrogen (secondary N) is 1. The lowest BCUT2D eigenvalue weighted by Crippen LogP contribution is -2.45. The van der Waals surface area contributed by atoms with Crippen LogP contribution in [-0.4, -0.2) is 47.8 Å². The monoisotopic (exact) mass is 807 g/mol. The minimum atomic E-state index is -4.36. The van der Waals surface area contributed by atoms with Crippen molar-refractivity contribution in [2.75, 3.05) is 19.8 Å². The molecule has 0 saturated heterocycles. The predicted molar refractivity (Wildman–Crippen MR) is 240 cm³/mol. The summed E-state index contributed by atoms with van der Waals surface area (Å²) in [5, 5.41) is 13.7. The van der Waals surface area contributed by atoms with Gasteiger partial charge in [-0.2, -0.15) is 0 Å². The van der Waals surface area contributed by atoms with Gasteiger partial charge in [0, 0.05) is 13.0 Å². The lowest BCUT2D eigenvalue weighted by molar-refractivity contribution is -0.123. The van der Waals surface area contributed by atoms with E-state index in [0.717, 1.165) is 64.2 Å². The Kier molecular flexibility index (Phi) is 41.4. The number of amides is 1. The van der Waals surface area contributed by atoms with E-state index in [4.69, 9.17) is 14.8 Å². The van der Waals surface area contributed by atoms with Crippen LogP contribution in [0.25, 0.3) is 0 Å². The third-order valence-electron chi connectivity index (χ3n) is 9.79. The van der Waals surface area contributed by atoms with Crippen LogP contribution in [-0.2, 0) is 18.4 Å². The van der Waals surface area contributed by atoms with Crippen LogP contribution in [0, 0.1) is 0 Å². The van der Waals surface area contributed by atoms with Crippen LogP contribution in [0.15, 0.2) is 60.8 Å². The predicted octanol–water partition coefficient (Wildman–Crippen LogP) is 13.1. The highest BCUT2D eigenvalue weighted by Crippen LogP contribution is 2.43. The fourth-order valence-corrected chi connectivity index (χ4v) is 7.07. The molecule has 8 nitrogen and oxygen atoms in total. The fraction of sp³-hybridized carbons (Fsp3) is 0.766. The summed E-state index contributed by atoms with van der Waals surface area (Å²) in [6.07, 6.45) is 54.1. The first-order valence-corrected chi connectivity index (χ1v) is 24.4.